The molecule has 7 heteroatoms. The van der Waals surface area contributed by atoms with Crippen LogP contribution in [-0.2, 0) is 4.74 Å². The topological polar surface area (TPSA) is 78.8 Å². The molecule has 2 fully saturated rings. The van der Waals surface area contributed by atoms with Crippen LogP contribution in [0.25, 0.3) is 11.4 Å². The predicted octanol–water partition coefficient (Wildman–Crippen LogP) is 2.19. The summed E-state index contributed by atoms with van der Waals surface area (Å²) in [5.41, 5.74) is 0.970. The summed E-state index contributed by atoms with van der Waals surface area (Å²) in [7, 11) is 1.75. The van der Waals surface area contributed by atoms with E-state index in [1.165, 1.54) is 0 Å². The van der Waals surface area contributed by atoms with Gasteiger partial charge >= 0.3 is 6.09 Å². The molecule has 1 atom stereocenters. The molecule has 1 N–H and O–H groups in total. The molecule has 2 aromatic rings. The van der Waals surface area contributed by atoms with Crippen LogP contribution in [0.4, 0.5) is 10.6 Å². The highest BCUT2D eigenvalue weighted by atomic mass is 16.6. The molecule has 7 nitrogen and oxygen atoms in total. The standard InChI is InChI=1S/C18H20N4O3/c1-12-9-15(20-16(19-12)13-5-3-4-6-14(13)23)22-8-7-18(11-22)10-21(2)17(24)25-18/h3-6,9,23H,7-8,10-11H2,1-2H3. The van der Waals surface area contributed by atoms with E-state index in [-0.39, 0.29) is 11.8 Å². The molecule has 2 saturated heterocycles. The monoisotopic (exact) mass is 340 g/mol. The van der Waals surface area contributed by atoms with E-state index < -0.39 is 5.60 Å². The Morgan fingerprint density at radius 1 is 1.24 bits per heavy atom. The van der Waals surface area contributed by atoms with Gasteiger partial charge < -0.3 is 19.6 Å². The van der Waals surface area contributed by atoms with Crippen molar-refractivity contribution >= 4 is 11.9 Å². The highest BCUT2D eigenvalue weighted by Gasteiger charge is 2.48. The third kappa shape index (κ3) is 2.75. The van der Waals surface area contributed by atoms with Crippen LogP contribution in [0.1, 0.15) is 12.1 Å². The number of carbonyl (C=O) groups is 1. The highest BCUT2D eigenvalue weighted by Crippen LogP contribution is 2.35. The van der Waals surface area contributed by atoms with Crippen molar-refractivity contribution in [3.05, 3.63) is 36.0 Å². The van der Waals surface area contributed by atoms with Crippen molar-refractivity contribution in [2.24, 2.45) is 0 Å². The third-order valence-electron chi connectivity index (χ3n) is 4.77. The minimum atomic E-state index is -0.459. The van der Waals surface area contributed by atoms with Gasteiger partial charge in [-0.3, -0.25) is 0 Å². The SMILES string of the molecule is Cc1cc(N2CCC3(CN(C)C(=O)O3)C2)nc(-c2ccccc2O)n1. The molecule has 4 rings (SSSR count). The van der Waals surface area contributed by atoms with Crippen molar-refractivity contribution in [1.82, 2.24) is 14.9 Å². The molecule has 0 saturated carbocycles. The van der Waals surface area contributed by atoms with Crippen molar-refractivity contribution in [2.75, 3.05) is 31.6 Å². The summed E-state index contributed by atoms with van der Waals surface area (Å²) in [4.78, 5) is 24.6. The summed E-state index contributed by atoms with van der Waals surface area (Å²) in [5, 5.41) is 10.1. The minimum absolute atomic E-state index is 0.156. The van der Waals surface area contributed by atoms with Gasteiger partial charge in [-0.2, -0.15) is 0 Å². The molecule has 0 radical (unpaired) electrons. The van der Waals surface area contributed by atoms with Crippen LogP contribution in [0.3, 0.4) is 0 Å². The molecule has 1 unspecified atom stereocenters. The van der Waals surface area contributed by atoms with E-state index in [4.69, 9.17) is 4.74 Å². The lowest BCUT2D eigenvalue weighted by Crippen LogP contribution is -2.37. The fourth-order valence-corrected chi connectivity index (χ4v) is 3.54. The van der Waals surface area contributed by atoms with E-state index in [9.17, 15) is 9.90 Å². The Balaban J connectivity index is 1.64. The average molecular weight is 340 g/mol. The van der Waals surface area contributed by atoms with Crippen molar-refractivity contribution in [3.63, 3.8) is 0 Å². The molecule has 0 bridgehead atoms. The van der Waals surface area contributed by atoms with Crippen molar-refractivity contribution in [1.29, 1.82) is 0 Å². The van der Waals surface area contributed by atoms with E-state index in [1.807, 2.05) is 19.1 Å². The number of benzene rings is 1. The maximum Gasteiger partial charge on any atom is 0.410 e. The fourth-order valence-electron chi connectivity index (χ4n) is 3.54. The Kier molecular flexibility index (Phi) is 3.52. The summed E-state index contributed by atoms with van der Waals surface area (Å²) in [6.07, 6.45) is 0.508. The summed E-state index contributed by atoms with van der Waals surface area (Å²) in [6.45, 7) is 3.88. The lowest BCUT2D eigenvalue weighted by Gasteiger charge is -2.22. The number of likely N-dealkylation sites (N-methyl/N-ethyl adjacent to an activating group) is 1. The van der Waals surface area contributed by atoms with Crippen LogP contribution < -0.4 is 4.90 Å². The number of hydrogen-bond acceptors (Lipinski definition) is 6. The van der Waals surface area contributed by atoms with Crippen LogP contribution in [0.15, 0.2) is 30.3 Å². The van der Waals surface area contributed by atoms with Crippen molar-refractivity contribution in [3.8, 4) is 17.1 Å². The first-order valence-electron chi connectivity index (χ1n) is 8.29. The zero-order valence-electron chi connectivity index (χ0n) is 14.3. The number of anilines is 1. The van der Waals surface area contributed by atoms with Crippen LogP contribution in [-0.4, -0.2) is 58.4 Å². The van der Waals surface area contributed by atoms with Gasteiger partial charge in [-0.25, -0.2) is 14.8 Å². The molecule has 3 heterocycles. The van der Waals surface area contributed by atoms with E-state index >= 15 is 0 Å². The van der Waals surface area contributed by atoms with E-state index in [1.54, 1.807) is 30.1 Å². The maximum atomic E-state index is 11.7. The van der Waals surface area contributed by atoms with Gasteiger partial charge in [0.25, 0.3) is 0 Å². The number of para-hydroxylation sites is 1. The number of carbonyl (C=O) groups excluding carboxylic acids is 1. The quantitative estimate of drug-likeness (QED) is 0.903. The molecular formula is C18H20N4O3. The van der Waals surface area contributed by atoms with Gasteiger partial charge in [0.1, 0.15) is 11.6 Å². The zero-order chi connectivity index (χ0) is 17.6. The largest absolute Gasteiger partial charge is 0.507 e. The number of amides is 1. The van der Waals surface area contributed by atoms with Gasteiger partial charge in [0, 0.05) is 31.8 Å². The number of hydrogen-bond donors (Lipinski definition) is 1. The Morgan fingerprint density at radius 3 is 2.76 bits per heavy atom. The number of phenolic OH excluding ortho intramolecular Hbond substituents is 1. The van der Waals surface area contributed by atoms with Crippen LogP contribution in [0, 0.1) is 6.92 Å². The van der Waals surface area contributed by atoms with Gasteiger partial charge in [0.05, 0.1) is 18.7 Å². The molecule has 1 spiro atoms. The highest BCUT2D eigenvalue weighted by molar-refractivity contribution is 5.71. The second-order valence-electron chi connectivity index (χ2n) is 6.79. The van der Waals surface area contributed by atoms with Gasteiger partial charge in [0.15, 0.2) is 11.4 Å². The first kappa shape index (κ1) is 15.7. The van der Waals surface area contributed by atoms with Gasteiger partial charge in [-0.05, 0) is 19.1 Å². The first-order chi connectivity index (χ1) is 12.0. The Labute approximate surface area is 145 Å². The molecule has 2 aliphatic heterocycles. The number of aryl methyl sites for hydroxylation is 1. The molecule has 1 amide bonds. The maximum absolute atomic E-state index is 11.7. The summed E-state index contributed by atoms with van der Waals surface area (Å²) in [6, 6.07) is 8.96. The molecule has 1 aromatic heterocycles. The summed E-state index contributed by atoms with van der Waals surface area (Å²) < 4.78 is 5.60. The van der Waals surface area contributed by atoms with Gasteiger partial charge in [-0.15, -0.1) is 0 Å². The number of aromatic nitrogens is 2. The molecule has 1 aromatic carbocycles. The number of phenols is 1. The van der Waals surface area contributed by atoms with E-state index in [0.717, 1.165) is 24.5 Å². The number of rotatable bonds is 2. The third-order valence-corrected chi connectivity index (χ3v) is 4.77. The Bertz CT molecular complexity index is 841. The van der Waals surface area contributed by atoms with Crippen LogP contribution in [0.2, 0.25) is 0 Å². The van der Waals surface area contributed by atoms with Crippen molar-refractivity contribution < 1.29 is 14.6 Å². The normalized spacial score (nSPS) is 22.7. The average Bonchev–Trinajstić information content (AvgIpc) is 3.10. The molecule has 130 valence electrons. The lowest BCUT2D eigenvalue weighted by molar-refractivity contribution is 0.0741. The summed E-state index contributed by atoms with van der Waals surface area (Å²) in [5.74, 6) is 1.44. The molecule has 25 heavy (non-hydrogen) atoms. The number of nitrogens with zero attached hydrogens (tertiary/aromatic N) is 4. The van der Waals surface area contributed by atoms with Crippen LogP contribution >= 0.6 is 0 Å². The fraction of sp³-hybridized carbons (Fsp3) is 0.389. The van der Waals surface area contributed by atoms with E-state index in [0.29, 0.717) is 24.5 Å². The zero-order valence-corrected chi connectivity index (χ0v) is 14.3. The molecule has 2 aliphatic rings. The molecule has 0 aliphatic carbocycles. The first-order valence-corrected chi connectivity index (χ1v) is 8.29. The van der Waals surface area contributed by atoms with Crippen LogP contribution in [0.5, 0.6) is 5.75 Å². The second-order valence-corrected chi connectivity index (χ2v) is 6.79. The predicted molar refractivity (Wildman–Crippen MR) is 92.5 cm³/mol. The number of ether oxygens (including phenoxy) is 1. The Hall–Kier alpha value is -2.83. The molecular weight excluding hydrogens is 320 g/mol. The number of aromatic hydroxyl groups is 1. The second kappa shape index (κ2) is 5.61. The Morgan fingerprint density at radius 2 is 2.04 bits per heavy atom. The minimum Gasteiger partial charge on any atom is -0.507 e. The smallest absolute Gasteiger partial charge is 0.410 e. The van der Waals surface area contributed by atoms with Gasteiger partial charge in [0.2, 0.25) is 0 Å². The van der Waals surface area contributed by atoms with Crippen molar-refractivity contribution in [2.45, 2.75) is 18.9 Å². The lowest BCUT2D eigenvalue weighted by atomic mass is 10.0. The summed E-state index contributed by atoms with van der Waals surface area (Å²) >= 11 is 0. The van der Waals surface area contributed by atoms with Gasteiger partial charge in [-0.1, -0.05) is 12.1 Å². The van der Waals surface area contributed by atoms with E-state index in [2.05, 4.69) is 14.9 Å².